The van der Waals surface area contributed by atoms with Crippen molar-refractivity contribution in [2.24, 2.45) is 61.9 Å². The summed E-state index contributed by atoms with van der Waals surface area (Å²) < 4.78 is 12.2. The molecule has 0 amide bonds. The summed E-state index contributed by atoms with van der Waals surface area (Å²) in [5.41, 5.74) is 14.9. The monoisotopic (exact) mass is 787 g/mol. The number of epoxide rings is 1. The van der Waals surface area contributed by atoms with Gasteiger partial charge in [-0.3, -0.25) is 9.98 Å². The van der Waals surface area contributed by atoms with Crippen molar-refractivity contribution < 1.29 is 24.5 Å². The first-order valence-electron chi connectivity index (χ1n) is 22.2. The van der Waals surface area contributed by atoms with Crippen molar-refractivity contribution in [1.29, 1.82) is 0 Å². The van der Waals surface area contributed by atoms with Crippen LogP contribution in [-0.2, 0) is 11.2 Å². The van der Waals surface area contributed by atoms with Gasteiger partial charge in [-0.25, -0.2) is 0 Å². The van der Waals surface area contributed by atoms with Crippen molar-refractivity contribution in [3.8, 4) is 0 Å². The normalized spacial score (nSPS) is 40.9. The summed E-state index contributed by atoms with van der Waals surface area (Å²) in [7, 11) is 1.70. The SMILES string of the molecule is CN=C(N)N[C@H](NC(N)=NCCc1cccc2cocc12)[C@H]1CC[C@@H]([C@@]2(C)C[C@@H]3/C(=C\CO)C[C@@]4(CC[C@@H](CC[C@@]5(O)CCC[C@H](O)C5)C4)[C@@H]4O[C@]4(C)CC[C@H]32)C1. The van der Waals surface area contributed by atoms with Crippen LogP contribution in [-0.4, -0.2) is 77.0 Å². The maximum atomic E-state index is 11.3. The topological polar surface area (TPSA) is 187 Å². The molecular formula is C46H70N6O5. The smallest absolute Gasteiger partial charge is 0.190 e. The van der Waals surface area contributed by atoms with Crippen LogP contribution >= 0.6 is 0 Å². The highest BCUT2D eigenvalue weighted by atomic mass is 16.6. The molecule has 6 fully saturated rings. The van der Waals surface area contributed by atoms with Crippen molar-refractivity contribution >= 4 is 22.7 Å². The van der Waals surface area contributed by atoms with Crippen LogP contribution in [0.2, 0.25) is 0 Å². The molecule has 1 saturated heterocycles. The quantitative estimate of drug-likeness (QED) is 0.0452. The van der Waals surface area contributed by atoms with Crippen LogP contribution in [0.3, 0.4) is 0 Å². The molecule has 1 spiro atoms. The van der Waals surface area contributed by atoms with Gasteiger partial charge in [0.25, 0.3) is 0 Å². The van der Waals surface area contributed by atoms with Crippen molar-refractivity contribution in [3.63, 3.8) is 0 Å². The fourth-order valence-electron chi connectivity index (χ4n) is 13.2. The van der Waals surface area contributed by atoms with Crippen LogP contribution in [0.4, 0.5) is 0 Å². The predicted molar refractivity (Wildman–Crippen MR) is 225 cm³/mol. The molecule has 6 aliphatic rings. The summed E-state index contributed by atoms with van der Waals surface area (Å²) in [6.07, 6.45) is 22.2. The van der Waals surface area contributed by atoms with Gasteiger partial charge >= 0.3 is 0 Å². The second kappa shape index (κ2) is 16.1. The molecule has 11 heteroatoms. The summed E-state index contributed by atoms with van der Waals surface area (Å²) in [6.45, 7) is 5.55. The highest BCUT2D eigenvalue weighted by molar-refractivity contribution is 5.84. The van der Waals surface area contributed by atoms with E-state index in [1.54, 1.807) is 19.6 Å². The Labute approximate surface area is 339 Å². The van der Waals surface area contributed by atoms with E-state index in [2.05, 4.69) is 47.7 Å². The second-order valence-electron chi connectivity index (χ2n) is 19.8. The molecule has 8 rings (SSSR count). The standard InChI is InChI=1S/C46H70N6O5/c1-43(34-10-9-31(22-34)39(51-41(47)49-3)52-42(48)50-20-14-30-6-4-7-33-27-56-28-37(30)33)26-36-32(15-21-53)24-45(40-44(2,57-40)17-13-38(36)43)18-11-29(23-45)12-19-46(55)16-5-8-35(54)25-46/h4,6-7,15,27-29,31,34-36,38-40,53-55H,5,8-14,16-26H2,1-3H3,(H3,47,49,51)(H3,48,50,52)/b32-15-/t29-,31-,34+,35-,36+,38+,39+,40+,43+,44+,45-,46-/m0/s1. The van der Waals surface area contributed by atoms with Gasteiger partial charge in [0.05, 0.1) is 42.5 Å². The number of benzene rings is 1. The van der Waals surface area contributed by atoms with Gasteiger partial charge in [0.15, 0.2) is 11.9 Å². The number of furan rings is 1. The number of ether oxygens (including phenoxy) is 1. The Morgan fingerprint density at radius 3 is 2.67 bits per heavy atom. The van der Waals surface area contributed by atoms with Gasteiger partial charge in [0.2, 0.25) is 0 Å². The Hall–Kier alpha value is -3.12. The molecule has 2 heterocycles. The average Bonchev–Trinajstić information content (AvgIpc) is 3.64. The van der Waals surface area contributed by atoms with Gasteiger partial charge in [0, 0.05) is 36.2 Å². The summed E-state index contributed by atoms with van der Waals surface area (Å²) in [4.78, 5) is 8.94. The summed E-state index contributed by atoms with van der Waals surface area (Å²) in [5, 5.41) is 41.1. The van der Waals surface area contributed by atoms with Crippen LogP contribution in [0.5, 0.6) is 0 Å². The Morgan fingerprint density at radius 2 is 1.86 bits per heavy atom. The molecule has 1 aromatic heterocycles. The lowest BCUT2D eigenvalue weighted by atomic mass is 9.46. The van der Waals surface area contributed by atoms with Gasteiger partial charge in [-0.05, 0) is 150 Å². The second-order valence-corrected chi connectivity index (χ2v) is 19.8. The molecule has 1 aromatic carbocycles. The number of rotatable bonds is 11. The minimum Gasteiger partial charge on any atom is -0.471 e. The van der Waals surface area contributed by atoms with Gasteiger partial charge < -0.3 is 46.6 Å². The zero-order chi connectivity index (χ0) is 40.0. The molecule has 0 bridgehead atoms. The first-order valence-corrected chi connectivity index (χ1v) is 22.2. The van der Waals surface area contributed by atoms with Gasteiger partial charge in [-0.1, -0.05) is 36.8 Å². The highest BCUT2D eigenvalue weighted by Crippen LogP contribution is 2.69. The number of nitrogens with zero attached hydrogens (tertiary/aromatic N) is 2. The number of guanidine groups is 2. The Kier molecular flexibility index (Phi) is 11.5. The molecule has 5 aliphatic carbocycles. The third-order valence-electron chi connectivity index (χ3n) is 16.3. The first-order chi connectivity index (χ1) is 27.4. The van der Waals surface area contributed by atoms with E-state index in [0.717, 1.165) is 107 Å². The summed E-state index contributed by atoms with van der Waals surface area (Å²) >= 11 is 0. The number of fused-ring (bicyclic) bond motifs is 4. The fourth-order valence-corrected chi connectivity index (χ4v) is 13.2. The van der Waals surface area contributed by atoms with Gasteiger partial charge in [-0.15, -0.1) is 0 Å². The molecule has 2 aromatic rings. The van der Waals surface area contributed by atoms with E-state index in [1.165, 1.54) is 17.6 Å². The van der Waals surface area contributed by atoms with E-state index >= 15 is 0 Å². The van der Waals surface area contributed by atoms with E-state index in [1.807, 2.05) is 6.07 Å². The van der Waals surface area contributed by atoms with Crippen LogP contribution in [0.25, 0.3) is 10.8 Å². The predicted octanol–water partition coefficient (Wildman–Crippen LogP) is 6.29. The van der Waals surface area contributed by atoms with Crippen molar-refractivity contribution in [3.05, 3.63) is 47.9 Å². The largest absolute Gasteiger partial charge is 0.471 e. The van der Waals surface area contributed by atoms with E-state index in [4.69, 9.17) is 25.6 Å². The van der Waals surface area contributed by atoms with Crippen molar-refractivity contribution in [1.82, 2.24) is 10.6 Å². The molecule has 57 heavy (non-hydrogen) atoms. The number of hydrogen-bond donors (Lipinski definition) is 7. The molecule has 0 unspecified atom stereocenters. The molecule has 11 nitrogen and oxygen atoms in total. The number of aliphatic hydroxyl groups is 3. The molecule has 0 radical (unpaired) electrons. The Bertz CT molecular complexity index is 1830. The zero-order valence-electron chi connectivity index (χ0n) is 34.7. The average molecular weight is 787 g/mol. The molecular weight excluding hydrogens is 717 g/mol. The zero-order valence-corrected chi connectivity index (χ0v) is 34.7. The first kappa shape index (κ1) is 40.7. The van der Waals surface area contributed by atoms with Gasteiger partial charge in [0.1, 0.15) is 6.17 Å². The van der Waals surface area contributed by atoms with Crippen molar-refractivity contribution in [2.45, 2.75) is 153 Å². The minimum absolute atomic E-state index is 0.0832. The highest BCUT2D eigenvalue weighted by Gasteiger charge is 2.67. The third-order valence-corrected chi connectivity index (χ3v) is 16.3. The number of nitrogens with one attached hydrogen (secondary N) is 2. The lowest BCUT2D eigenvalue weighted by molar-refractivity contribution is -0.0702. The maximum absolute atomic E-state index is 11.3. The number of nitrogens with two attached hydrogens (primary N) is 2. The maximum Gasteiger partial charge on any atom is 0.190 e. The van der Waals surface area contributed by atoms with E-state index in [9.17, 15) is 15.3 Å². The van der Waals surface area contributed by atoms with Crippen LogP contribution in [0.15, 0.2) is 56.8 Å². The Balaban J connectivity index is 0.925. The van der Waals surface area contributed by atoms with E-state index in [-0.39, 0.29) is 41.4 Å². The Morgan fingerprint density at radius 1 is 1.02 bits per heavy atom. The van der Waals surface area contributed by atoms with E-state index < -0.39 is 5.60 Å². The van der Waals surface area contributed by atoms with Crippen LogP contribution < -0.4 is 22.1 Å². The molecule has 1 aliphatic heterocycles. The van der Waals surface area contributed by atoms with Crippen LogP contribution in [0, 0.1) is 40.4 Å². The van der Waals surface area contributed by atoms with Gasteiger partial charge in [-0.2, -0.15) is 0 Å². The number of hydrogen-bond acceptors (Lipinski definition) is 7. The lowest BCUT2D eigenvalue weighted by Crippen LogP contribution is -2.56. The molecule has 9 N–H and O–H groups in total. The fraction of sp³-hybridized carbons (Fsp3) is 0.739. The number of aliphatic imine (C=N–C) groups is 2. The number of aliphatic hydroxyl groups excluding tert-OH is 2. The van der Waals surface area contributed by atoms with Crippen LogP contribution in [0.1, 0.15) is 122 Å². The molecule has 5 saturated carbocycles. The third kappa shape index (κ3) is 8.24. The van der Waals surface area contributed by atoms with E-state index in [0.29, 0.717) is 54.5 Å². The molecule has 12 atom stereocenters. The number of allylic oxidation sites excluding steroid dienone is 1. The lowest BCUT2D eigenvalue weighted by Gasteiger charge is -2.59. The van der Waals surface area contributed by atoms with Crippen molar-refractivity contribution in [2.75, 3.05) is 20.2 Å². The minimum atomic E-state index is -0.721. The summed E-state index contributed by atoms with van der Waals surface area (Å²) in [6, 6.07) is 6.22. The molecule has 314 valence electrons. The summed E-state index contributed by atoms with van der Waals surface area (Å²) in [5.74, 6) is 3.28.